The third-order valence-corrected chi connectivity index (χ3v) is 2.43. The topological polar surface area (TPSA) is 78.3 Å². The number of nitrogens with two attached hydrogens (primary N) is 2. The molecule has 1 rings (SSSR count). The molecule has 4 nitrogen and oxygen atoms in total. The van der Waals surface area contributed by atoms with E-state index < -0.39 is 11.4 Å². The Hall–Kier alpha value is -1.39. The van der Waals surface area contributed by atoms with Crippen LogP contribution in [0, 0.1) is 0 Å². The standard InChI is InChI=1S/C11H16N2O2/c1-15-8-7-11(13,10(12)14)9-5-3-2-4-6-9/h2-6H,7-8,13H2,1H3,(H2,12,14). The summed E-state index contributed by atoms with van der Waals surface area (Å²) in [5.41, 5.74) is 10.9. The normalized spacial score (nSPS) is 14.5. The van der Waals surface area contributed by atoms with Crippen molar-refractivity contribution in [2.45, 2.75) is 12.0 Å². The van der Waals surface area contributed by atoms with Gasteiger partial charge in [-0.25, -0.2) is 0 Å². The fraction of sp³-hybridized carbons (Fsp3) is 0.364. The predicted octanol–water partition coefficient (Wildman–Crippen LogP) is 0.362. The molecule has 15 heavy (non-hydrogen) atoms. The first-order valence-electron chi connectivity index (χ1n) is 4.74. The van der Waals surface area contributed by atoms with E-state index in [1.807, 2.05) is 18.2 Å². The molecule has 4 heteroatoms. The highest BCUT2D eigenvalue weighted by Crippen LogP contribution is 2.21. The van der Waals surface area contributed by atoms with Crippen LogP contribution in [0.5, 0.6) is 0 Å². The lowest BCUT2D eigenvalue weighted by Crippen LogP contribution is -2.49. The third-order valence-electron chi connectivity index (χ3n) is 2.43. The molecule has 1 aromatic carbocycles. The van der Waals surface area contributed by atoms with Gasteiger partial charge in [0.25, 0.3) is 0 Å². The van der Waals surface area contributed by atoms with Crippen molar-refractivity contribution in [3.05, 3.63) is 35.9 Å². The molecule has 0 radical (unpaired) electrons. The summed E-state index contributed by atoms with van der Waals surface area (Å²) in [6.45, 7) is 0.397. The van der Waals surface area contributed by atoms with Gasteiger partial charge in [-0.3, -0.25) is 4.79 Å². The largest absolute Gasteiger partial charge is 0.385 e. The van der Waals surface area contributed by atoms with E-state index in [-0.39, 0.29) is 0 Å². The summed E-state index contributed by atoms with van der Waals surface area (Å²) >= 11 is 0. The Bertz CT molecular complexity index is 327. The smallest absolute Gasteiger partial charge is 0.242 e. The Morgan fingerprint density at radius 2 is 2.00 bits per heavy atom. The van der Waals surface area contributed by atoms with Gasteiger partial charge < -0.3 is 16.2 Å². The maximum absolute atomic E-state index is 11.4. The van der Waals surface area contributed by atoms with Crippen LogP contribution < -0.4 is 11.5 Å². The Morgan fingerprint density at radius 3 is 2.47 bits per heavy atom. The number of ether oxygens (including phenoxy) is 1. The van der Waals surface area contributed by atoms with E-state index in [4.69, 9.17) is 16.2 Å². The van der Waals surface area contributed by atoms with Crippen LogP contribution in [0.1, 0.15) is 12.0 Å². The van der Waals surface area contributed by atoms with Crippen molar-refractivity contribution < 1.29 is 9.53 Å². The van der Waals surface area contributed by atoms with Crippen LogP contribution in [0.15, 0.2) is 30.3 Å². The fourth-order valence-electron chi connectivity index (χ4n) is 1.41. The Balaban J connectivity index is 2.96. The minimum Gasteiger partial charge on any atom is -0.385 e. The Labute approximate surface area is 89.2 Å². The van der Waals surface area contributed by atoms with Crippen molar-refractivity contribution in [2.75, 3.05) is 13.7 Å². The van der Waals surface area contributed by atoms with Gasteiger partial charge in [-0.2, -0.15) is 0 Å². The zero-order chi connectivity index (χ0) is 11.3. The molecule has 0 saturated carbocycles. The van der Waals surface area contributed by atoms with Crippen molar-refractivity contribution >= 4 is 5.91 Å². The molecular weight excluding hydrogens is 192 g/mol. The molecule has 1 unspecified atom stereocenters. The van der Waals surface area contributed by atoms with Gasteiger partial charge in [-0.1, -0.05) is 30.3 Å². The Morgan fingerprint density at radius 1 is 1.40 bits per heavy atom. The summed E-state index contributed by atoms with van der Waals surface area (Å²) in [4.78, 5) is 11.4. The van der Waals surface area contributed by atoms with E-state index in [1.165, 1.54) is 0 Å². The highest BCUT2D eigenvalue weighted by Gasteiger charge is 2.33. The van der Waals surface area contributed by atoms with Gasteiger partial charge in [0, 0.05) is 20.1 Å². The summed E-state index contributed by atoms with van der Waals surface area (Å²) < 4.78 is 4.92. The van der Waals surface area contributed by atoms with Gasteiger partial charge in [0.15, 0.2) is 0 Å². The van der Waals surface area contributed by atoms with Gasteiger partial charge in [0.2, 0.25) is 5.91 Å². The van der Waals surface area contributed by atoms with E-state index in [1.54, 1.807) is 19.2 Å². The van der Waals surface area contributed by atoms with Crippen LogP contribution in [0.25, 0.3) is 0 Å². The second-order valence-electron chi connectivity index (χ2n) is 3.44. The van der Waals surface area contributed by atoms with Gasteiger partial charge in [-0.15, -0.1) is 0 Å². The number of carbonyl (C=O) groups excluding carboxylic acids is 1. The molecule has 0 bridgehead atoms. The molecule has 1 aromatic rings. The summed E-state index contributed by atoms with van der Waals surface area (Å²) in [7, 11) is 1.56. The quantitative estimate of drug-likeness (QED) is 0.733. The lowest BCUT2D eigenvalue weighted by Gasteiger charge is -2.26. The monoisotopic (exact) mass is 208 g/mol. The molecule has 82 valence electrons. The second-order valence-corrected chi connectivity index (χ2v) is 3.44. The SMILES string of the molecule is COCCC(N)(C(N)=O)c1ccccc1. The highest BCUT2D eigenvalue weighted by molar-refractivity contribution is 5.85. The average molecular weight is 208 g/mol. The molecule has 4 N–H and O–H groups in total. The van der Waals surface area contributed by atoms with Gasteiger partial charge in [0.1, 0.15) is 5.54 Å². The lowest BCUT2D eigenvalue weighted by atomic mass is 9.87. The number of rotatable bonds is 5. The van der Waals surface area contributed by atoms with Crippen LogP contribution in [-0.4, -0.2) is 19.6 Å². The van der Waals surface area contributed by atoms with E-state index in [0.29, 0.717) is 13.0 Å². The van der Waals surface area contributed by atoms with Crippen LogP contribution in [0.2, 0.25) is 0 Å². The van der Waals surface area contributed by atoms with Crippen LogP contribution in [0.4, 0.5) is 0 Å². The average Bonchev–Trinajstić information content (AvgIpc) is 2.27. The molecular formula is C11H16N2O2. The van der Waals surface area contributed by atoms with Crippen molar-refractivity contribution in [3.63, 3.8) is 0 Å². The van der Waals surface area contributed by atoms with Crippen LogP contribution in [-0.2, 0) is 15.1 Å². The fourth-order valence-corrected chi connectivity index (χ4v) is 1.41. The Kier molecular flexibility index (Phi) is 3.82. The third kappa shape index (κ3) is 2.55. The summed E-state index contributed by atoms with van der Waals surface area (Å²) in [6, 6.07) is 9.10. The molecule has 0 aliphatic rings. The van der Waals surface area contributed by atoms with Crippen molar-refractivity contribution in [1.29, 1.82) is 0 Å². The molecule has 1 atom stereocenters. The molecule has 0 heterocycles. The minimum atomic E-state index is -1.14. The zero-order valence-electron chi connectivity index (χ0n) is 8.77. The van der Waals surface area contributed by atoms with Crippen LogP contribution >= 0.6 is 0 Å². The summed E-state index contributed by atoms with van der Waals surface area (Å²) in [5.74, 6) is -0.536. The van der Waals surface area contributed by atoms with Crippen molar-refractivity contribution in [3.8, 4) is 0 Å². The van der Waals surface area contributed by atoms with Crippen LogP contribution in [0.3, 0.4) is 0 Å². The van der Waals surface area contributed by atoms with Gasteiger partial charge in [-0.05, 0) is 5.56 Å². The number of amides is 1. The van der Waals surface area contributed by atoms with Gasteiger partial charge in [0.05, 0.1) is 0 Å². The summed E-state index contributed by atoms with van der Waals surface area (Å²) in [5, 5.41) is 0. The molecule has 0 aliphatic carbocycles. The number of hydrogen-bond donors (Lipinski definition) is 2. The zero-order valence-corrected chi connectivity index (χ0v) is 8.77. The number of methoxy groups -OCH3 is 1. The van der Waals surface area contributed by atoms with E-state index in [9.17, 15) is 4.79 Å². The first-order chi connectivity index (χ1) is 7.11. The maximum Gasteiger partial charge on any atom is 0.242 e. The predicted molar refractivity (Wildman–Crippen MR) is 58.0 cm³/mol. The molecule has 0 fully saturated rings. The second kappa shape index (κ2) is 4.91. The number of hydrogen-bond acceptors (Lipinski definition) is 3. The first kappa shape index (κ1) is 11.7. The first-order valence-corrected chi connectivity index (χ1v) is 4.74. The minimum absolute atomic E-state index is 0.378. The maximum atomic E-state index is 11.4. The number of carbonyl (C=O) groups is 1. The molecule has 0 aromatic heterocycles. The molecule has 1 amide bonds. The van der Waals surface area contributed by atoms with Gasteiger partial charge >= 0.3 is 0 Å². The molecule has 0 spiro atoms. The molecule has 0 aliphatic heterocycles. The highest BCUT2D eigenvalue weighted by atomic mass is 16.5. The lowest BCUT2D eigenvalue weighted by molar-refractivity contribution is -0.124. The van der Waals surface area contributed by atoms with E-state index >= 15 is 0 Å². The number of primary amides is 1. The van der Waals surface area contributed by atoms with E-state index in [0.717, 1.165) is 5.56 Å². The van der Waals surface area contributed by atoms with Crippen molar-refractivity contribution in [2.24, 2.45) is 11.5 Å². The summed E-state index contributed by atoms with van der Waals surface area (Å²) in [6.07, 6.45) is 0.378. The van der Waals surface area contributed by atoms with Crippen molar-refractivity contribution in [1.82, 2.24) is 0 Å². The molecule has 0 saturated heterocycles. The number of benzene rings is 1. The van der Waals surface area contributed by atoms with E-state index in [2.05, 4.69) is 0 Å².